The highest BCUT2D eigenvalue weighted by molar-refractivity contribution is 5.46. The predicted octanol–water partition coefficient (Wildman–Crippen LogP) is 1.61. The molecule has 1 atom stereocenters. The van der Waals surface area contributed by atoms with E-state index in [0.29, 0.717) is 11.8 Å². The highest BCUT2D eigenvalue weighted by atomic mass is 15.4. The van der Waals surface area contributed by atoms with Crippen molar-refractivity contribution in [2.45, 2.75) is 32.7 Å². The van der Waals surface area contributed by atoms with E-state index in [1.165, 1.54) is 6.33 Å². The third-order valence-electron chi connectivity index (χ3n) is 4.26. The zero-order chi connectivity index (χ0) is 16.5. The molecule has 0 radical (unpaired) electrons. The van der Waals surface area contributed by atoms with Gasteiger partial charge in [0.2, 0.25) is 0 Å². The second kappa shape index (κ2) is 6.03. The quantitative estimate of drug-likeness (QED) is 0.783. The maximum Gasteiger partial charge on any atom is 0.254 e. The van der Waals surface area contributed by atoms with Crippen LogP contribution in [0, 0.1) is 13.8 Å². The Bertz CT molecular complexity index is 841. The van der Waals surface area contributed by atoms with Crippen LogP contribution in [0.5, 0.6) is 0 Å². The lowest BCUT2D eigenvalue weighted by Gasteiger charge is -2.34. The highest BCUT2D eigenvalue weighted by Crippen LogP contribution is 2.20. The largest absolute Gasteiger partial charge is 0.365 e. The van der Waals surface area contributed by atoms with Gasteiger partial charge in [-0.25, -0.2) is 4.98 Å². The number of hydrogen-bond acceptors (Lipinski definition) is 7. The Morgan fingerprint density at radius 1 is 1.17 bits per heavy atom. The van der Waals surface area contributed by atoms with Crippen molar-refractivity contribution < 1.29 is 0 Å². The summed E-state index contributed by atoms with van der Waals surface area (Å²) in [4.78, 5) is 10.8. The van der Waals surface area contributed by atoms with E-state index in [2.05, 4.69) is 35.5 Å². The number of hydrogen-bond donors (Lipinski definition) is 1. The maximum absolute atomic E-state index is 4.38. The summed E-state index contributed by atoms with van der Waals surface area (Å²) < 4.78 is 1.75. The molecular formula is C16H20N8. The van der Waals surface area contributed by atoms with Crippen LogP contribution in [0.2, 0.25) is 0 Å². The molecule has 8 nitrogen and oxygen atoms in total. The molecule has 0 amide bonds. The Morgan fingerprint density at radius 3 is 2.92 bits per heavy atom. The van der Waals surface area contributed by atoms with Crippen molar-refractivity contribution in [3.8, 4) is 0 Å². The van der Waals surface area contributed by atoms with Crippen LogP contribution in [-0.2, 0) is 0 Å². The summed E-state index contributed by atoms with van der Waals surface area (Å²) in [7, 11) is 0. The molecular weight excluding hydrogens is 304 g/mol. The van der Waals surface area contributed by atoms with Crippen molar-refractivity contribution >= 4 is 17.4 Å². The van der Waals surface area contributed by atoms with E-state index in [9.17, 15) is 0 Å². The molecule has 24 heavy (non-hydrogen) atoms. The lowest BCUT2D eigenvalue weighted by Crippen LogP contribution is -2.43. The number of aromatic nitrogens is 6. The van der Waals surface area contributed by atoms with Crippen LogP contribution in [-0.4, -0.2) is 48.9 Å². The van der Waals surface area contributed by atoms with Crippen molar-refractivity contribution in [3.05, 3.63) is 35.9 Å². The van der Waals surface area contributed by atoms with Crippen molar-refractivity contribution in [1.29, 1.82) is 0 Å². The first-order valence-corrected chi connectivity index (χ1v) is 8.18. The molecule has 1 aliphatic rings. The molecule has 1 aliphatic heterocycles. The minimum absolute atomic E-state index is 0.316. The maximum atomic E-state index is 4.38. The van der Waals surface area contributed by atoms with Gasteiger partial charge in [-0.1, -0.05) is 0 Å². The third-order valence-corrected chi connectivity index (χ3v) is 4.26. The van der Waals surface area contributed by atoms with E-state index < -0.39 is 0 Å². The van der Waals surface area contributed by atoms with Gasteiger partial charge in [0.05, 0.1) is 5.69 Å². The van der Waals surface area contributed by atoms with E-state index in [1.54, 1.807) is 4.52 Å². The number of piperidine rings is 1. The first kappa shape index (κ1) is 14.8. The molecule has 1 unspecified atom stereocenters. The number of anilines is 2. The van der Waals surface area contributed by atoms with Crippen LogP contribution >= 0.6 is 0 Å². The zero-order valence-electron chi connectivity index (χ0n) is 13.8. The Labute approximate surface area is 140 Å². The van der Waals surface area contributed by atoms with Gasteiger partial charge >= 0.3 is 0 Å². The average molecular weight is 324 g/mol. The van der Waals surface area contributed by atoms with Crippen molar-refractivity contribution in [2.24, 2.45) is 0 Å². The second-order valence-corrected chi connectivity index (χ2v) is 6.22. The van der Waals surface area contributed by atoms with E-state index in [4.69, 9.17) is 0 Å². The van der Waals surface area contributed by atoms with Gasteiger partial charge in [0.15, 0.2) is 5.82 Å². The normalized spacial score (nSPS) is 18.1. The van der Waals surface area contributed by atoms with Gasteiger partial charge in [0, 0.05) is 30.9 Å². The summed E-state index contributed by atoms with van der Waals surface area (Å²) in [5.74, 6) is 2.48. The molecule has 3 aromatic rings. The molecule has 8 heteroatoms. The van der Waals surface area contributed by atoms with Gasteiger partial charge in [-0.15, -0.1) is 5.10 Å². The van der Waals surface area contributed by atoms with Gasteiger partial charge < -0.3 is 10.2 Å². The average Bonchev–Trinajstić information content (AvgIpc) is 3.04. The fourth-order valence-electron chi connectivity index (χ4n) is 3.11. The minimum Gasteiger partial charge on any atom is -0.365 e. The number of fused-ring (bicyclic) bond motifs is 1. The molecule has 0 aliphatic carbocycles. The fraction of sp³-hybridized carbons (Fsp3) is 0.438. The van der Waals surface area contributed by atoms with Crippen LogP contribution in [0.25, 0.3) is 5.78 Å². The fourth-order valence-corrected chi connectivity index (χ4v) is 3.11. The number of rotatable bonds is 3. The van der Waals surface area contributed by atoms with Gasteiger partial charge in [-0.05, 0) is 38.8 Å². The molecule has 0 bridgehead atoms. The molecule has 1 saturated heterocycles. The SMILES string of the molecule is Cc1ccc(N2CCCC(Nc3cc(C)nc4ncnn34)C2)nn1. The molecule has 3 aromatic heterocycles. The number of aryl methyl sites for hydroxylation is 2. The summed E-state index contributed by atoms with van der Waals surface area (Å²) in [5.41, 5.74) is 1.86. The highest BCUT2D eigenvalue weighted by Gasteiger charge is 2.22. The zero-order valence-corrected chi connectivity index (χ0v) is 13.8. The summed E-state index contributed by atoms with van der Waals surface area (Å²) in [6.07, 6.45) is 3.74. The van der Waals surface area contributed by atoms with E-state index in [1.807, 2.05) is 32.0 Å². The van der Waals surface area contributed by atoms with Crippen LogP contribution in [0.15, 0.2) is 24.5 Å². The summed E-state index contributed by atoms with van der Waals surface area (Å²) >= 11 is 0. The lowest BCUT2D eigenvalue weighted by molar-refractivity contribution is 0.522. The first-order chi connectivity index (χ1) is 11.7. The first-order valence-electron chi connectivity index (χ1n) is 8.18. The monoisotopic (exact) mass is 324 g/mol. The molecule has 0 spiro atoms. The Kier molecular flexibility index (Phi) is 3.72. The summed E-state index contributed by atoms with van der Waals surface area (Å²) in [5, 5.41) is 16.3. The topological polar surface area (TPSA) is 84.1 Å². The summed E-state index contributed by atoms with van der Waals surface area (Å²) in [6, 6.07) is 6.37. The molecule has 1 fully saturated rings. The molecule has 0 aromatic carbocycles. The standard InChI is InChI=1S/C16H20N8/c1-11-5-6-14(22-21-11)23-7-3-4-13(9-23)20-15-8-12(2)19-16-17-10-18-24(15)16/h5-6,8,10,13,20H,3-4,7,9H2,1-2H3. The van der Waals surface area contributed by atoms with Crippen molar-refractivity contribution in [1.82, 2.24) is 29.8 Å². The van der Waals surface area contributed by atoms with Gasteiger partial charge in [0.1, 0.15) is 12.1 Å². The van der Waals surface area contributed by atoms with Crippen molar-refractivity contribution in [2.75, 3.05) is 23.3 Å². The summed E-state index contributed by atoms with van der Waals surface area (Å²) in [6.45, 7) is 5.81. The van der Waals surface area contributed by atoms with E-state index >= 15 is 0 Å². The van der Waals surface area contributed by atoms with Crippen LogP contribution in [0.1, 0.15) is 24.2 Å². The minimum atomic E-state index is 0.316. The van der Waals surface area contributed by atoms with Crippen LogP contribution in [0.3, 0.4) is 0 Å². The number of nitrogens with zero attached hydrogens (tertiary/aromatic N) is 7. The molecule has 4 heterocycles. The number of nitrogens with one attached hydrogen (secondary N) is 1. The Balaban J connectivity index is 1.54. The van der Waals surface area contributed by atoms with E-state index in [-0.39, 0.29) is 0 Å². The predicted molar refractivity (Wildman–Crippen MR) is 91.1 cm³/mol. The molecule has 4 rings (SSSR count). The third kappa shape index (κ3) is 2.86. The second-order valence-electron chi connectivity index (χ2n) is 6.22. The van der Waals surface area contributed by atoms with Crippen LogP contribution < -0.4 is 10.2 Å². The van der Waals surface area contributed by atoms with E-state index in [0.717, 1.165) is 49.0 Å². The molecule has 1 N–H and O–H groups in total. The van der Waals surface area contributed by atoms with Gasteiger partial charge in [0.25, 0.3) is 5.78 Å². The Morgan fingerprint density at radius 2 is 2.08 bits per heavy atom. The smallest absolute Gasteiger partial charge is 0.254 e. The molecule has 0 saturated carbocycles. The van der Waals surface area contributed by atoms with Crippen molar-refractivity contribution in [3.63, 3.8) is 0 Å². The lowest BCUT2D eigenvalue weighted by atomic mass is 10.1. The van der Waals surface area contributed by atoms with Gasteiger partial charge in [-0.2, -0.15) is 19.7 Å². The van der Waals surface area contributed by atoms with Gasteiger partial charge in [-0.3, -0.25) is 0 Å². The Hall–Kier alpha value is -2.77. The van der Waals surface area contributed by atoms with Crippen LogP contribution in [0.4, 0.5) is 11.6 Å². The molecule has 124 valence electrons.